The smallest absolute Gasteiger partial charge is 0.358 e. The van der Waals surface area contributed by atoms with E-state index in [1.54, 1.807) is 0 Å². The molecule has 1 spiro atoms. The summed E-state index contributed by atoms with van der Waals surface area (Å²) < 4.78 is 16.8. The van der Waals surface area contributed by atoms with Crippen LogP contribution in [0.4, 0.5) is 0 Å². The summed E-state index contributed by atoms with van der Waals surface area (Å²) in [5.74, 6) is -10.1. The third kappa shape index (κ3) is 2.82. The van der Waals surface area contributed by atoms with Crippen molar-refractivity contribution >= 4 is 46.4 Å². The standard InChI is InChI=1S/C31H23ClO14/c1-44-28(43)31-12(37)5-4-11(36)17(31)23(40)16-21(38)13-8(20(32)25(16)45-31)6-29-19(24(41)18(13)30(7-33)27(29)46-30)22(39)14-9(34)2-3-10(35)15(14)26(29)42/h2-3,12,18,27,33-35,37-40H,4-7H2,1H3/t12-,18-,27+,29+,30+,31-/m1/s1. The number of methoxy groups -OCH3 is 1. The molecule has 2 aromatic carbocycles. The lowest BCUT2D eigenvalue weighted by Gasteiger charge is -2.43. The highest BCUT2D eigenvalue weighted by Gasteiger charge is 2.81. The molecule has 0 aromatic heterocycles. The maximum Gasteiger partial charge on any atom is 0.358 e. The number of fused-ring (bicyclic) bond motifs is 3. The molecular formula is C31H23ClO14. The molecule has 7 aliphatic rings. The molecular weight excluding hydrogens is 632 g/mol. The van der Waals surface area contributed by atoms with Crippen LogP contribution in [0.15, 0.2) is 23.3 Å². The Morgan fingerprint density at radius 2 is 1.67 bits per heavy atom. The van der Waals surface area contributed by atoms with Crippen LogP contribution in [-0.4, -0.2) is 96.2 Å². The van der Waals surface area contributed by atoms with Gasteiger partial charge < -0.3 is 50.0 Å². The molecule has 46 heavy (non-hydrogen) atoms. The van der Waals surface area contributed by atoms with E-state index in [9.17, 15) is 54.9 Å². The Hall–Kier alpha value is -4.63. The summed E-state index contributed by atoms with van der Waals surface area (Å²) in [6.07, 6.45) is -4.19. The number of phenolic OH excluding ortho intramolecular Hbond substituents is 3. The fourth-order valence-corrected chi connectivity index (χ4v) is 8.69. The van der Waals surface area contributed by atoms with Crippen molar-refractivity contribution in [3.63, 3.8) is 0 Å². The number of hydrogen-bond acceptors (Lipinski definition) is 14. The molecule has 5 aliphatic carbocycles. The van der Waals surface area contributed by atoms with Gasteiger partial charge in [0.15, 0.2) is 23.1 Å². The maximum absolute atomic E-state index is 14.5. The highest BCUT2D eigenvalue weighted by molar-refractivity contribution is 6.34. The lowest BCUT2D eigenvalue weighted by atomic mass is 9.56. The van der Waals surface area contributed by atoms with E-state index in [2.05, 4.69) is 0 Å². The van der Waals surface area contributed by atoms with E-state index in [1.807, 2.05) is 0 Å². The van der Waals surface area contributed by atoms with Crippen LogP contribution >= 0.6 is 11.6 Å². The minimum Gasteiger partial charge on any atom is -0.507 e. The second-order valence-corrected chi connectivity index (χ2v) is 12.6. The number of carbonyl (C=O) groups excluding carboxylic acids is 4. The van der Waals surface area contributed by atoms with Gasteiger partial charge in [-0.1, -0.05) is 11.6 Å². The van der Waals surface area contributed by atoms with Crippen molar-refractivity contribution in [2.24, 2.45) is 5.41 Å². The average molecular weight is 655 g/mol. The summed E-state index contributed by atoms with van der Waals surface area (Å²) in [6.45, 7) is -0.858. The highest BCUT2D eigenvalue weighted by Crippen LogP contribution is 2.72. The number of esters is 1. The van der Waals surface area contributed by atoms with Crippen LogP contribution in [0.3, 0.4) is 0 Å². The molecule has 14 nitrogen and oxygen atoms in total. The molecule has 2 aliphatic heterocycles. The number of ether oxygens (including phenoxy) is 3. The summed E-state index contributed by atoms with van der Waals surface area (Å²) in [5, 5.41) is 77.5. The van der Waals surface area contributed by atoms with Crippen molar-refractivity contribution < 1.29 is 69.1 Å². The number of Topliss-reactive ketones (excluding diaryl/α,β-unsaturated/α-hetero) is 3. The Morgan fingerprint density at radius 3 is 2.33 bits per heavy atom. The Morgan fingerprint density at radius 1 is 1.02 bits per heavy atom. The van der Waals surface area contributed by atoms with E-state index >= 15 is 0 Å². The predicted molar refractivity (Wildman–Crippen MR) is 151 cm³/mol. The Balaban J connectivity index is 1.47. The van der Waals surface area contributed by atoms with E-state index in [-0.39, 0.29) is 24.0 Å². The number of rotatable bonds is 2. The minimum atomic E-state index is -2.59. The van der Waals surface area contributed by atoms with Crippen LogP contribution in [0.2, 0.25) is 5.02 Å². The van der Waals surface area contributed by atoms with Gasteiger partial charge >= 0.3 is 5.97 Å². The zero-order valence-corrected chi connectivity index (χ0v) is 24.3. The zero-order chi connectivity index (χ0) is 33.0. The zero-order valence-electron chi connectivity index (χ0n) is 23.6. The van der Waals surface area contributed by atoms with E-state index < -0.39 is 138 Å². The number of halogens is 1. The molecule has 3 fully saturated rings. The number of phenols is 3. The first-order chi connectivity index (χ1) is 21.8. The largest absolute Gasteiger partial charge is 0.507 e. The Kier molecular flexibility index (Phi) is 5.38. The lowest BCUT2D eigenvalue weighted by Crippen LogP contribution is -2.61. The maximum atomic E-state index is 14.5. The molecule has 238 valence electrons. The number of hydrogen-bond donors (Lipinski definition) is 7. The number of epoxide rings is 1. The molecule has 2 aromatic rings. The normalized spacial score (nSPS) is 33.2. The van der Waals surface area contributed by atoms with Gasteiger partial charge in [0.05, 0.1) is 52.3 Å². The second-order valence-electron chi connectivity index (χ2n) is 12.3. The molecule has 2 bridgehead atoms. The number of carbonyl (C=O) groups is 4. The molecule has 6 atom stereocenters. The van der Waals surface area contributed by atoms with Crippen LogP contribution in [0.25, 0.3) is 11.5 Å². The van der Waals surface area contributed by atoms with Gasteiger partial charge in [-0.2, -0.15) is 0 Å². The number of ketones is 3. The first-order valence-electron chi connectivity index (χ1n) is 14.1. The van der Waals surface area contributed by atoms with Crippen molar-refractivity contribution in [2.45, 2.75) is 48.6 Å². The van der Waals surface area contributed by atoms with Crippen LogP contribution in [0, 0.1) is 5.41 Å². The third-order valence-corrected chi connectivity index (χ3v) is 10.8. The molecule has 9 rings (SSSR count). The van der Waals surface area contributed by atoms with Crippen molar-refractivity contribution in [1.29, 1.82) is 0 Å². The van der Waals surface area contributed by atoms with Crippen LogP contribution in [-0.2, 0) is 30.3 Å². The van der Waals surface area contributed by atoms with Crippen molar-refractivity contribution in [3.05, 3.63) is 56.1 Å². The molecule has 15 heteroatoms. The number of benzene rings is 2. The lowest BCUT2D eigenvalue weighted by molar-refractivity contribution is -0.169. The van der Waals surface area contributed by atoms with Gasteiger partial charge in [0, 0.05) is 12.0 Å². The van der Waals surface area contributed by atoms with Gasteiger partial charge in [0.25, 0.3) is 5.60 Å². The average Bonchev–Trinajstić information content (AvgIpc) is 3.80. The summed E-state index contributed by atoms with van der Waals surface area (Å²) in [6, 6.07) is 2.04. The van der Waals surface area contributed by atoms with Crippen LogP contribution in [0.5, 0.6) is 23.0 Å². The van der Waals surface area contributed by atoms with Crippen LogP contribution < -0.4 is 4.74 Å². The monoisotopic (exact) mass is 654 g/mol. The first kappa shape index (κ1) is 28.8. The fourth-order valence-electron chi connectivity index (χ4n) is 8.39. The van der Waals surface area contributed by atoms with Crippen molar-refractivity contribution in [1.82, 2.24) is 0 Å². The van der Waals surface area contributed by atoms with Crippen molar-refractivity contribution in [3.8, 4) is 23.0 Å². The Bertz CT molecular complexity index is 1990. The van der Waals surface area contributed by atoms with Crippen molar-refractivity contribution in [2.75, 3.05) is 13.7 Å². The molecule has 0 radical (unpaired) electrons. The molecule has 7 N–H and O–H groups in total. The highest BCUT2D eigenvalue weighted by atomic mass is 35.5. The molecule has 2 saturated carbocycles. The first-order valence-corrected chi connectivity index (χ1v) is 14.5. The number of aliphatic hydroxyl groups is 4. The molecule has 0 amide bonds. The second kappa shape index (κ2) is 8.59. The van der Waals surface area contributed by atoms with Gasteiger partial charge in [-0.25, -0.2) is 4.79 Å². The van der Waals surface area contributed by atoms with E-state index in [0.717, 1.165) is 19.2 Å². The minimum absolute atomic E-state index is 0.132. The quantitative estimate of drug-likeness (QED) is 0.137. The van der Waals surface area contributed by atoms with Gasteiger partial charge in [-0.05, 0) is 30.5 Å². The van der Waals surface area contributed by atoms with Gasteiger partial charge in [-0.15, -0.1) is 0 Å². The number of aliphatic hydroxyl groups excluding tert-OH is 4. The van der Waals surface area contributed by atoms with Crippen LogP contribution in [0.1, 0.15) is 51.4 Å². The topological polar surface area (TPSA) is 241 Å². The molecule has 2 heterocycles. The predicted octanol–water partition coefficient (Wildman–Crippen LogP) is 1.26. The van der Waals surface area contributed by atoms with E-state index in [0.29, 0.717) is 0 Å². The molecule has 1 saturated heterocycles. The summed E-state index contributed by atoms with van der Waals surface area (Å²) in [5.41, 5.74) is -9.88. The van der Waals surface area contributed by atoms with E-state index in [4.69, 9.17) is 25.8 Å². The molecule has 0 unspecified atom stereocenters. The van der Waals surface area contributed by atoms with E-state index in [1.165, 1.54) is 0 Å². The van der Waals surface area contributed by atoms with Gasteiger partial charge in [0.2, 0.25) is 0 Å². The third-order valence-electron chi connectivity index (χ3n) is 10.4. The summed E-state index contributed by atoms with van der Waals surface area (Å²) in [7, 11) is 0.968. The summed E-state index contributed by atoms with van der Waals surface area (Å²) >= 11 is 6.92. The summed E-state index contributed by atoms with van der Waals surface area (Å²) in [4.78, 5) is 55.3. The van der Waals surface area contributed by atoms with Gasteiger partial charge in [-0.3, -0.25) is 14.4 Å². The Labute approximate surface area is 262 Å². The SMILES string of the molecule is COC(=O)[C@]12Oc3c(Cl)c4c(c(O)c3C(O)=C1C(=O)CC[C@H]2O)[C@@H]1C(=O)C2=C(O)c3c(O)ccc(O)c3C(=O)[C@@]2(C4)[C@@H]2O[C@@]12CO. The number of aromatic hydroxyl groups is 3. The van der Waals surface area contributed by atoms with Gasteiger partial charge in [0.1, 0.15) is 52.1 Å². The fraction of sp³-hybridized carbons (Fsp3) is 0.355.